The zero-order valence-electron chi connectivity index (χ0n) is 15.6. The number of imidazole rings is 1. The highest BCUT2D eigenvalue weighted by Crippen LogP contribution is 2.13. The van der Waals surface area contributed by atoms with Crippen molar-refractivity contribution >= 4 is 17.3 Å². The van der Waals surface area contributed by atoms with Gasteiger partial charge in [-0.15, -0.1) is 0 Å². The van der Waals surface area contributed by atoms with Crippen LogP contribution in [0, 0.1) is 5.92 Å². The molecule has 6 nitrogen and oxygen atoms in total. The number of fused-ring (bicyclic) bond motifs is 1. The molecule has 0 spiro atoms. The van der Waals surface area contributed by atoms with E-state index in [9.17, 15) is 9.59 Å². The average molecular weight is 364 g/mol. The molecule has 140 valence electrons. The molecule has 2 heterocycles. The van der Waals surface area contributed by atoms with Crippen molar-refractivity contribution in [1.82, 2.24) is 20.0 Å². The largest absolute Gasteiger partial charge is 0.350 e. The summed E-state index contributed by atoms with van der Waals surface area (Å²) in [5.74, 6) is -0.0114. The molecule has 0 radical (unpaired) electrons. The molecule has 27 heavy (non-hydrogen) atoms. The molecular formula is C21H24N4O2. The highest BCUT2D eigenvalue weighted by molar-refractivity contribution is 6.02. The summed E-state index contributed by atoms with van der Waals surface area (Å²) >= 11 is 0. The van der Waals surface area contributed by atoms with Gasteiger partial charge in [-0.25, -0.2) is 4.98 Å². The summed E-state index contributed by atoms with van der Waals surface area (Å²) in [4.78, 5) is 29.4. The second kappa shape index (κ2) is 8.49. The zero-order valence-corrected chi connectivity index (χ0v) is 15.6. The first-order valence-electron chi connectivity index (χ1n) is 9.13. The molecule has 0 saturated carbocycles. The van der Waals surface area contributed by atoms with Crippen molar-refractivity contribution in [3.8, 4) is 0 Å². The predicted octanol–water partition coefficient (Wildman–Crippen LogP) is 2.69. The Bertz CT molecular complexity index is 932. The molecule has 2 amide bonds. The van der Waals surface area contributed by atoms with Crippen molar-refractivity contribution in [2.24, 2.45) is 5.92 Å². The Hall–Kier alpha value is -3.15. The molecule has 3 rings (SSSR count). The third-order valence-corrected chi connectivity index (χ3v) is 4.18. The van der Waals surface area contributed by atoms with Gasteiger partial charge >= 0.3 is 0 Å². The van der Waals surface area contributed by atoms with Gasteiger partial charge in [0.2, 0.25) is 5.82 Å². The van der Waals surface area contributed by atoms with E-state index >= 15 is 0 Å². The molecule has 0 aliphatic rings. The van der Waals surface area contributed by atoms with Crippen LogP contribution in [-0.2, 0) is 6.42 Å². The minimum atomic E-state index is -0.296. The number of amides is 2. The van der Waals surface area contributed by atoms with E-state index in [0.717, 1.165) is 12.0 Å². The number of nitrogens with zero attached hydrogens (tertiary/aromatic N) is 2. The number of carbonyl (C=O) groups is 2. The molecule has 0 fully saturated rings. The Morgan fingerprint density at radius 1 is 1.00 bits per heavy atom. The van der Waals surface area contributed by atoms with Crippen LogP contribution in [0.5, 0.6) is 0 Å². The number of benzene rings is 1. The van der Waals surface area contributed by atoms with Gasteiger partial charge in [0, 0.05) is 19.3 Å². The standard InChI is InChI=1S/C21H24N4O2/c1-15(2)14-23-20(26)18-17-10-6-7-13-25(17)19(24-18)21(27)22-12-11-16-8-4-3-5-9-16/h3-10,13,15H,11-12,14H2,1-2H3,(H,22,27)(H,23,26). The number of aromatic nitrogens is 2. The van der Waals surface area contributed by atoms with Crippen LogP contribution in [0.1, 0.15) is 40.5 Å². The topological polar surface area (TPSA) is 75.5 Å². The monoisotopic (exact) mass is 364 g/mol. The van der Waals surface area contributed by atoms with Gasteiger partial charge in [-0.3, -0.25) is 14.0 Å². The maximum absolute atomic E-state index is 12.6. The lowest BCUT2D eigenvalue weighted by atomic mass is 10.1. The summed E-state index contributed by atoms with van der Waals surface area (Å²) in [6.07, 6.45) is 2.48. The van der Waals surface area contributed by atoms with Crippen LogP contribution in [0.2, 0.25) is 0 Å². The quantitative estimate of drug-likeness (QED) is 0.677. The molecule has 1 aromatic carbocycles. The van der Waals surface area contributed by atoms with Crippen LogP contribution >= 0.6 is 0 Å². The fourth-order valence-electron chi connectivity index (χ4n) is 2.79. The first-order chi connectivity index (χ1) is 13.1. The normalized spacial score (nSPS) is 10.9. The number of pyridine rings is 1. The second-order valence-electron chi connectivity index (χ2n) is 6.84. The van der Waals surface area contributed by atoms with Crippen molar-refractivity contribution in [1.29, 1.82) is 0 Å². The molecule has 0 unspecified atom stereocenters. The molecule has 2 N–H and O–H groups in total. The minimum Gasteiger partial charge on any atom is -0.350 e. The third-order valence-electron chi connectivity index (χ3n) is 4.18. The fourth-order valence-corrected chi connectivity index (χ4v) is 2.79. The molecular weight excluding hydrogens is 340 g/mol. The molecule has 0 aliphatic heterocycles. The second-order valence-corrected chi connectivity index (χ2v) is 6.84. The average Bonchev–Trinajstić information content (AvgIpc) is 3.07. The lowest BCUT2D eigenvalue weighted by Gasteiger charge is -2.05. The molecule has 0 aliphatic carbocycles. The van der Waals surface area contributed by atoms with Crippen molar-refractivity contribution in [3.05, 3.63) is 71.8 Å². The van der Waals surface area contributed by atoms with Crippen molar-refractivity contribution in [3.63, 3.8) is 0 Å². The predicted molar refractivity (Wildman–Crippen MR) is 105 cm³/mol. The van der Waals surface area contributed by atoms with Gasteiger partial charge in [-0.05, 0) is 30.0 Å². The van der Waals surface area contributed by atoms with E-state index in [2.05, 4.69) is 15.6 Å². The van der Waals surface area contributed by atoms with E-state index in [1.807, 2.05) is 56.3 Å². The molecule has 0 bridgehead atoms. The Kier molecular flexibility index (Phi) is 5.86. The van der Waals surface area contributed by atoms with E-state index in [0.29, 0.717) is 24.5 Å². The van der Waals surface area contributed by atoms with E-state index in [1.165, 1.54) is 0 Å². The third kappa shape index (κ3) is 4.53. The molecule has 0 atom stereocenters. The van der Waals surface area contributed by atoms with E-state index in [-0.39, 0.29) is 23.3 Å². The first kappa shape index (κ1) is 18.6. The van der Waals surface area contributed by atoms with Gasteiger partial charge in [0.05, 0.1) is 5.52 Å². The van der Waals surface area contributed by atoms with Gasteiger partial charge < -0.3 is 10.6 Å². The van der Waals surface area contributed by atoms with E-state index in [1.54, 1.807) is 16.7 Å². The molecule has 0 saturated heterocycles. The summed E-state index contributed by atoms with van der Waals surface area (Å²) in [6, 6.07) is 15.4. The fraction of sp³-hybridized carbons (Fsp3) is 0.286. The van der Waals surface area contributed by atoms with Crippen LogP contribution in [-0.4, -0.2) is 34.3 Å². The number of rotatable bonds is 7. The van der Waals surface area contributed by atoms with Gasteiger partial charge in [-0.1, -0.05) is 50.2 Å². The van der Waals surface area contributed by atoms with Gasteiger partial charge in [0.15, 0.2) is 5.69 Å². The lowest BCUT2D eigenvalue weighted by Crippen LogP contribution is -2.29. The highest BCUT2D eigenvalue weighted by atomic mass is 16.2. The molecule has 6 heteroatoms. The minimum absolute atomic E-state index is 0.216. The van der Waals surface area contributed by atoms with Crippen LogP contribution < -0.4 is 10.6 Å². The van der Waals surface area contributed by atoms with Gasteiger partial charge in [0.25, 0.3) is 11.8 Å². The Morgan fingerprint density at radius 2 is 1.74 bits per heavy atom. The highest BCUT2D eigenvalue weighted by Gasteiger charge is 2.21. The van der Waals surface area contributed by atoms with Crippen molar-refractivity contribution in [2.45, 2.75) is 20.3 Å². The Morgan fingerprint density at radius 3 is 2.48 bits per heavy atom. The van der Waals surface area contributed by atoms with Crippen LogP contribution in [0.3, 0.4) is 0 Å². The van der Waals surface area contributed by atoms with Gasteiger partial charge in [0.1, 0.15) is 0 Å². The van der Waals surface area contributed by atoms with Crippen molar-refractivity contribution < 1.29 is 9.59 Å². The summed E-state index contributed by atoms with van der Waals surface area (Å²) in [7, 11) is 0. The van der Waals surface area contributed by atoms with Crippen LogP contribution in [0.4, 0.5) is 0 Å². The zero-order chi connectivity index (χ0) is 19.2. The summed E-state index contributed by atoms with van der Waals surface area (Å²) in [5.41, 5.74) is 2.04. The number of nitrogens with one attached hydrogen (secondary N) is 2. The van der Waals surface area contributed by atoms with E-state index in [4.69, 9.17) is 0 Å². The van der Waals surface area contributed by atoms with Crippen LogP contribution in [0.15, 0.2) is 54.7 Å². The number of carbonyl (C=O) groups excluding carboxylic acids is 2. The summed E-state index contributed by atoms with van der Waals surface area (Å²) in [5, 5.41) is 5.75. The molecule has 2 aromatic heterocycles. The maximum Gasteiger partial charge on any atom is 0.287 e. The van der Waals surface area contributed by atoms with Crippen molar-refractivity contribution in [2.75, 3.05) is 13.1 Å². The summed E-state index contributed by atoms with van der Waals surface area (Å²) in [6.45, 7) is 5.11. The number of hydrogen-bond acceptors (Lipinski definition) is 3. The lowest BCUT2D eigenvalue weighted by molar-refractivity contribution is 0.0942. The summed E-state index contributed by atoms with van der Waals surface area (Å²) < 4.78 is 1.65. The SMILES string of the molecule is CC(C)CNC(=O)c1nc(C(=O)NCCc2ccccc2)n2ccccc12. The van der Waals surface area contributed by atoms with Gasteiger partial charge in [-0.2, -0.15) is 0 Å². The Labute approximate surface area is 158 Å². The van der Waals surface area contributed by atoms with E-state index < -0.39 is 0 Å². The smallest absolute Gasteiger partial charge is 0.287 e. The maximum atomic E-state index is 12.6. The number of hydrogen-bond donors (Lipinski definition) is 2. The Balaban J connectivity index is 1.75. The molecule has 3 aromatic rings. The first-order valence-corrected chi connectivity index (χ1v) is 9.13. The van der Waals surface area contributed by atoms with Crippen LogP contribution in [0.25, 0.3) is 5.52 Å².